The van der Waals surface area contributed by atoms with E-state index in [0.717, 1.165) is 37.9 Å². The van der Waals surface area contributed by atoms with Crippen LogP contribution in [0.4, 0.5) is 18.9 Å². The number of hydrogen-bond acceptors (Lipinski definition) is 3. The zero-order valence-electron chi connectivity index (χ0n) is 14.1. The number of rotatable bonds is 6. The lowest BCUT2D eigenvalue weighted by Crippen LogP contribution is -2.28. The van der Waals surface area contributed by atoms with Crippen LogP contribution in [0.25, 0.3) is 0 Å². The molecule has 1 aliphatic heterocycles. The van der Waals surface area contributed by atoms with Gasteiger partial charge in [-0.3, -0.25) is 4.79 Å². The molecule has 25 heavy (non-hydrogen) atoms. The van der Waals surface area contributed by atoms with Gasteiger partial charge < -0.3 is 10.6 Å². The first-order valence-corrected chi connectivity index (χ1v) is 9.13. The Balaban J connectivity index is 0.00000312. The second-order valence-corrected chi connectivity index (χ2v) is 7.20. The summed E-state index contributed by atoms with van der Waals surface area (Å²) in [5.74, 6) is -0.546. The average Bonchev–Trinajstić information content (AvgIpc) is 2.52. The minimum absolute atomic E-state index is 0. The van der Waals surface area contributed by atoms with Crippen molar-refractivity contribution < 1.29 is 18.0 Å². The van der Waals surface area contributed by atoms with Crippen molar-refractivity contribution in [1.82, 2.24) is 5.32 Å². The van der Waals surface area contributed by atoms with E-state index in [9.17, 15) is 18.0 Å². The SMILES string of the molecule is Cc1ccc(SCC(F)(F)F)c(NC(=O)CCC2CCNCC2)c1.Cl. The van der Waals surface area contributed by atoms with E-state index in [0.29, 0.717) is 34.7 Å². The van der Waals surface area contributed by atoms with Crippen LogP contribution in [0.3, 0.4) is 0 Å². The number of thioether (sulfide) groups is 1. The number of alkyl halides is 3. The van der Waals surface area contributed by atoms with Gasteiger partial charge in [-0.15, -0.1) is 24.2 Å². The Kier molecular flexibility index (Phi) is 9.10. The monoisotopic (exact) mass is 396 g/mol. The van der Waals surface area contributed by atoms with E-state index in [2.05, 4.69) is 10.6 Å². The van der Waals surface area contributed by atoms with Crippen molar-refractivity contribution >= 4 is 35.8 Å². The molecular weight excluding hydrogens is 373 g/mol. The van der Waals surface area contributed by atoms with E-state index >= 15 is 0 Å². The van der Waals surface area contributed by atoms with Gasteiger partial charge in [-0.1, -0.05) is 6.07 Å². The Morgan fingerprint density at radius 3 is 2.64 bits per heavy atom. The van der Waals surface area contributed by atoms with Gasteiger partial charge in [0.2, 0.25) is 5.91 Å². The molecule has 1 aromatic rings. The Bertz CT molecular complexity index is 563. The quantitative estimate of drug-likeness (QED) is 0.679. The zero-order valence-corrected chi connectivity index (χ0v) is 15.8. The van der Waals surface area contributed by atoms with Gasteiger partial charge >= 0.3 is 6.18 Å². The Morgan fingerprint density at radius 1 is 1.32 bits per heavy atom. The molecule has 8 heteroatoms. The van der Waals surface area contributed by atoms with Crippen LogP contribution < -0.4 is 10.6 Å². The number of hydrogen-bond donors (Lipinski definition) is 2. The predicted octanol–water partition coefficient (Wildman–Crippen LogP) is 4.79. The highest BCUT2D eigenvalue weighted by Gasteiger charge is 2.27. The molecule has 0 saturated carbocycles. The predicted molar refractivity (Wildman–Crippen MR) is 98.7 cm³/mol. The molecule has 0 aromatic heterocycles. The van der Waals surface area contributed by atoms with Crippen molar-refractivity contribution in [3.05, 3.63) is 23.8 Å². The lowest BCUT2D eigenvalue weighted by atomic mass is 9.93. The van der Waals surface area contributed by atoms with E-state index in [1.807, 2.05) is 6.92 Å². The van der Waals surface area contributed by atoms with E-state index in [4.69, 9.17) is 0 Å². The van der Waals surface area contributed by atoms with E-state index in [1.165, 1.54) is 0 Å². The maximum absolute atomic E-state index is 12.4. The molecule has 0 aliphatic carbocycles. The number of halogens is 4. The molecule has 2 rings (SSSR count). The number of amides is 1. The summed E-state index contributed by atoms with van der Waals surface area (Å²) in [4.78, 5) is 12.6. The van der Waals surface area contributed by atoms with Gasteiger partial charge in [-0.05, 0) is 62.9 Å². The number of piperidine rings is 1. The van der Waals surface area contributed by atoms with Crippen LogP contribution in [0.15, 0.2) is 23.1 Å². The van der Waals surface area contributed by atoms with Crippen molar-refractivity contribution in [1.29, 1.82) is 0 Å². The minimum Gasteiger partial charge on any atom is -0.325 e. The van der Waals surface area contributed by atoms with Gasteiger partial charge in [0, 0.05) is 11.3 Å². The number of carbonyl (C=O) groups is 1. The standard InChI is InChI=1S/C17H23F3N2OS.ClH/c1-12-2-4-15(24-11-17(18,19)20)14(10-12)22-16(23)5-3-13-6-8-21-9-7-13;/h2,4,10,13,21H,3,5-9,11H2,1H3,(H,22,23);1H. The smallest absolute Gasteiger partial charge is 0.325 e. The average molecular weight is 397 g/mol. The van der Waals surface area contributed by atoms with Crippen molar-refractivity contribution in [2.75, 3.05) is 24.2 Å². The van der Waals surface area contributed by atoms with Crippen LogP contribution in [-0.4, -0.2) is 30.9 Å². The maximum Gasteiger partial charge on any atom is 0.398 e. The fourth-order valence-corrected chi connectivity index (χ4v) is 3.49. The highest BCUT2D eigenvalue weighted by Crippen LogP contribution is 2.33. The fraction of sp³-hybridized carbons (Fsp3) is 0.588. The fourth-order valence-electron chi connectivity index (χ4n) is 2.75. The first kappa shape index (κ1) is 22.1. The van der Waals surface area contributed by atoms with Gasteiger partial charge in [0.1, 0.15) is 0 Å². The first-order chi connectivity index (χ1) is 11.3. The summed E-state index contributed by atoms with van der Waals surface area (Å²) in [7, 11) is 0. The van der Waals surface area contributed by atoms with E-state index < -0.39 is 11.9 Å². The van der Waals surface area contributed by atoms with Crippen LogP contribution in [-0.2, 0) is 4.79 Å². The highest BCUT2D eigenvalue weighted by atomic mass is 35.5. The summed E-state index contributed by atoms with van der Waals surface area (Å²) in [5, 5.41) is 6.07. The molecule has 0 atom stereocenters. The second-order valence-electron chi connectivity index (χ2n) is 6.18. The number of benzene rings is 1. The molecule has 1 aromatic carbocycles. The second kappa shape index (κ2) is 10.3. The molecule has 1 fully saturated rings. The number of anilines is 1. The van der Waals surface area contributed by atoms with Crippen molar-refractivity contribution in [2.24, 2.45) is 5.92 Å². The molecule has 3 nitrogen and oxygen atoms in total. The third-order valence-electron chi connectivity index (χ3n) is 4.04. The summed E-state index contributed by atoms with van der Waals surface area (Å²) >= 11 is 0.703. The molecule has 1 saturated heterocycles. The van der Waals surface area contributed by atoms with Crippen LogP contribution >= 0.6 is 24.2 Å². The first-order valence-electron chi connectivity index (χ1n) is 8.14. The molecule has 0 radical (unpaired) electrons. The highest BCUT2D eigenvalue weighted by molar-refractivity contribution is 7.99. The van der Waals surface area contributed by atoms with Gasteiger partial charge in [0.05, 0.1) is 11.4 Å². The molecule has 1 heterocycles. The van der Waals surface area contributed by atoms with Crippen LogP contribution in [0.1, 0.15) is 31.2 Å². The molecule has 1 aliphatic rings. The summed E-state index contributed by atoms with van der Waals surface area (Å²) in [5.41, 5.74) is 1.37. The van der Waals surface area contributed by atoms with Gasteiger partial charge in [-0.25, -0.2) is 0 Å². The van der Waals surface area contributed by atoms with Crippen LogP contribution in [0, 0.1) is 12.8 Å². The lowest BCUT2D eigenvalue weighted by molar-refractivity contribution is -0.116. The molecule has 2 N–H and O–H groups in total. The number of nitrogens with one attached hydrogen (secondary N) is 2. The molecule has 1 amide bonds. The normalized spacial score (nSPS) is 15.5. The summed E-state index contributed by atoms with van der Waals surface area (Å²) < 4.78 is 37.3. The van der Waals surface area contributed by atoms with Crippen LogP contribution in [0.5, 0.6) is 0 Å². The largest absolute Gasteiger partial charge is 0.398 e. The molecule has 0 unspecified atom stereocenters. The van der Waals surface area contributed by atoms with Crippen molar-refractivity contribution in [2.45, 2.75) is 43.7 Å². The van der Waals surface area contributed by atoms with Gasteiger partial charge in [0.15, 0.2) is 0 Å². The molecule has 0 bridgehead atoms. The van der Waals surface area contributed by atoms with E-state index in [1.54, 1.807) is 18.2 Å². The topological polar surface area (TPSA) is 41.1 Å². The van der Waals surface area contributed by atoms with Crippen molar-refractivity contribution in [3.63, 3.8) is 0 Å². The third kappa shape index (κ3) is 8.33. The maximum atomic E-state index is 12.4. The Hall–Kier alpha value is -0.920. The Morgan fingerprint density at radius 2 is 2.00 bits per heavy atom. The van der Waals surface area contributed by atoms with Crippen LogP contribution in [0.2, 0.25) is 0 Å². The van der Waals surface area contributed by atoms with Crippen molar-refractivity contribution in [3.8, 4) is 0 Å². The summed E-state index contributed by atoms with van der Waals surface area (Å²) in [6.45, 7) is 3.83. The summed E-state index contributed by atoms with van der Waals surface area (Å²) in [6, 6.07) is 5.11. The van der Waals surface area contributed by atoms with Gasteiger partial charge in [-0.2, -0.15) is 13.2 Å². The zero-order chi connectivity index (χ0) is 17.6. The summed E-state index contributed by atoms with van der Waals surface area (Å²) in [6.07, 6.45) is -0.854. The molecule has 142 valence electrons. The molecular formula is C17H24ClF3N2OS. The molecule has 0 spiro atoms. The minimum atomic E-state index is -4.23. The number of carbonyl (C=O) groups excluding carboxylic acids is 1. The number of aryl methyl sites for hydroxylation is 1. The third-order valence-corrected chi connectivity index (χ3v) is 5.18. The Labute approximate surface area is 156 Å². The van der Waals surface area contributed by atoms with E-state index in [-0.39, 0.29) is 18.3 Å². The lowest BCUT2D eigenvalue weighted by Gasteiger charge is -2.22. The van der Waals surface area contributed by atoms with Gasteiger partial charge in [0.25, 0.3) is 0 Å².